The Morgan fingerprint density at radius 2 is 2.03 bits per heavy atom. The standard InChI is InChI=1S/C22H25N3O6S/c26-19(13-31-17-9-3-2-8-16(17)25(28)29)24-22-20(15-7-1-4-10-18(15)32-22)21(27)23-12-14-6-5-11-30-14/h2-3,8-9,14H,1,4-7,10-13H2,(H,23,27)(H,24,26)/t14-/m1/s1. The number of amides is 2. The third-order valence-corrected chi connectivity index (χ3v) is 6.79. The maximum atomic E-state index is 13.0. The molecule has 32 heavy (non-hydrogen) atoms. The van der Waals surface area contributed by atoms with Crippen LogP contribution in [0.25, 0.3) is 0 Å². The number of nitrogens with one attached hydrogen (secondary N) is 2. The van der Waals surface area contributed by atoms with Crippen LogP contribution < -0.4 is 15.4 Å². The van der Waals surface area contributed by atoms with Crippen LogP contribution >= 0.6 is 11.3 Å². The van der Waals surface area contributed by atoms with Crippen LogP contribution in [-0.4, -0.2) is 42.6 Å². The van der Waals surface area contributed by atoms with E-state index in [1.54, 1.807) is 6.07 Å². The molecular weight excluding hydrogens is 434 g/mol. The second-order valence-electron chi connectivity index (χ2n) is 7.82. The maximum absolute atomic E-state index is 13.0. The summed E-state index contributed by atoms with van der Waals surface area (Å²) in [6, 6.07) is 5.89. The average Bonchev–Trinajstić information content (AvgIpc) is 3.43. The number of benzene rings is 1. The van der Waals surface area contributed by atoms with Gasteiger partial charge in [-0.15, -0.1) is 11.3 Å². The number of hydrogen-bond acceptors (Lipinski definition) is 7. The summed E-state index contributed by atoms with van der Waals surface area (Å²) in [5.41, 5.74) is 1.31. The summed E-state index contributed by atoms with van der Waals surface area (Å²) >= 11 is 1.42. The number of carbonyl (C=O) groups excluding carboxylic acids is 2. The number of fused-ring (bicyclic) bond motifs is 1. The Labute approximate surface area is 189 Å². The maximum Gasteiger partial charge on any atom is 0.310 e. The largest absolute Gasteiger partial charge is 0.477 e. The number of aryl methyl sites for hydroxylation is 1. The number of thiophene rings is 1. The van der Waals surface area contributed by atoms with Crippen molar-refractivity contribution in [1.29, 1.82) is 0 Å². The molecule has 2 N–H and O–H groups in total. The molecule has 0 unspecified atom stereocenters. The number of para-hydroxylation sites is 2. The summed E-state index contributed by atoms with van der Waals surface area (Å²) in [6.07, 6.45) is 5.69. The van der Waals surface area contributed by atoms with Crippen LogP contribution in [0.1, 0.15) is 46.5 Å². The van der Waals surface area contributed by atoms with E-state index in [-0.39, 0.29) is 23.4 Å². The minimum absolute atomic E-state index is 0.0210. The molecule has 1 aliphatic heterocycles. The van der Waals surface area contributed by atoms with Gasteiger partial charge >= 0.3 is 5.69 Å². The first-order valence-electron chi connectivity index (χ1n) is 10.7. The molecule has 9 nitrogen and oxygen atoms in total. The van der Waals surface area contributed by atoms with Crippen molar-refractivity contribution in [2.75, 3.05) is 25.1 Å². The Hall–Kier alpha value is -2.98. The van der Waals surface area contributed by atoms with E-state index < -0.39 is 17.4 Å². The fraction of sp³-hybridized carbons (Fsp3) is 0.455. The van der Waals surface area contributed by atoms with Gasteiger partial charge in [-0.2, -0.15) is 0 Å². The summed E-state index contributed by atoms with van der Waals surface area (Å²) in [5, 5.41) is 17.4. The lowest BCUT2D eigenvalue weighted by atomic mass is 9.95. The molecule has 1 fully saturated rings. The van der Waals surface area contributed by atoms with Gasteiger partial charge < -0.3 is 20.1 Å². The molecule has 2 aromatic rings. The number of nitro benzene ring substituents is 1. The van der Waals surface area contributed by atoms with E-state index in [2.05, 4.69) is 10.6 Å². The third kappa shape index (κ3) is 5.08. The fourth-order valence-corrected chi connectivity index (χ4v) is 5.33. The van der Waals surface area contributed by atoms with Gasteiger partial charge in [-0.05, 0) is 50.2 Å². The molecule has 0 bridgehead atoms. The molecule has 0 spiro atoms. The van der Waals surface area contributed by atoms with Gasteiger partial charge in [0.25, 0.3) is 11.8 Å². The third-order valence-electron chi connectivity index (χ3n) is 5.59. The normalized spacial score (nSPS) is 17.4. The molecule has 10 heteroatoms. The Morgan fingerprint density at radius 3 is 2.81 bits per heavy atom. The van der Waals surface area contributed by atoms with Gasteiger partial charge in [0.1, 0.15) is 5.00 Å². The molecule has 0 radical (unpaired) electrons. The number of carbonyl (C=O) groups is 2. The molecule has 170 valence electrons. The summed E-state index contributed by atoms with van der Waals surface area (Å²) in [5.74, 6) is -0.669. The highest BCUT2D eigenvalue weighted by Crippen LogP contribution is 2.38. The van der Waals surface area contributed by atoms with Crippen LogP contribution in [0.15, 0.2) is 24.3 Å². The van der Waals surface area contributed by atoms with Crippen molar-refractivity contribution in [3.8, 4) is 5.75 Å². The lowest BCUT2D eigenvalue weighted by Crippen LogP contribution is -2.33. The van der Waals surface area contributed by atoms with Crippen molar-refractivity contribution in [2.45, 2.75) is 44.6 Å². The summed E-state index contributed by atoms with van der Waals surface area (Å²) in [7, 11) is 0. The lowest BCUT2D eigenvalue weighted by Gasteiger charge is -2.15. The van der Waals surface area contributed by atoms with E-state index in [4.69, 9.17) is 9.47 Å². The number of nitro groups is 1. The zero-order valence-electron chi connectivity index (χ0n) is 17.6. The Morgan fingerprint density at radius 1 is 1.22 bits per heavy atom. The van der Waals surface area contributed by atoms with Gasteiger partial charge in [0.2, 0.25) is 0 Å². The van der Waals surface area contributed by atoms with Gasteiger partial charge in [-0.3, -0.25) is 19.7 Å². The smallest absolute Gasteiger partial charge is 0.310 e. The van der Waals surface area contributed by atoms with Crippen LogP contribution in [0.2, 0.25) is 0 Å². The molecule has 1 aromatic heterocycles. The number of ether oxygens (including phenoxy) is 2. The first-order valence-corrected chi connectivity index (χ1v) is 11.5. The molecule has 2 heterocycles. The van der Waals surface area contributed by atoms with E-state index >= 15 is 0 Å². The molecule has 1 aromatic carbocycles. The summed E-state index contributed by atoms with van der Waals surface area (Å²) in [6.45, 7) is 0.761. The molecule has 1 saturated heterocycles. The number of anilines is 1. The molecule has 0 saturated carbocycles. The summed E-state index contributed by atoms with van der Waals surface area (Å²) < 4.78 is 11.0. The quantitative estimate of drug-likeness (QED) is 0.461. The number of hydrogen-bond donors (Lipinski definition) is 2. The van der Waals surface area contributed by atoms with Crippen molar-refractivity contribution in [2.24, 2.45) is 0 Å². The minimum atomic E-state index is -0.558. The van der Waals surface area contributed by atoms with Crippen molar-refractivity contribution in [3.05, 3.63) is 50.4 Å². The highest BCUT2D eigenvalue weighted by Gasteiger charge is 2.27. The Bertz CT molecular complexity index is 1020. The molecule has 2 aliphatic rings. The predicted molar refractivity (Wildman–Crippen MR) is 119 cm³/mol. The van der Waals surface area contributed by atoms with Crippen molar-refractivity contribution >= 4 is 33.8 Å². The van der Waals surface area contributed by atoms with Crippen molar-refractivity contribution in [1.82, 2.24) is 5.32 Å². The second kappa shape index (κ2) is 10.1. The predicted octanol–water partition coefficient (Wildman–Crippen LogP) is 3.46. The van der Waals surface area contributed by atoms with Crippen LogP contribution in [-0.2, 0) is 22.4 Å². The van der Waals surface area contributed by atoms with Crippen LogP contribution in [0, 0.1) is 10.1 Å². The molecule has 2 amide bonds. The van der Waals surface area contributed by atoms with E-state index in [0.717, 1.165) is 55.6 Å². The van der Waals surface area contributed by atoms with Gasteiger partial charge in [-0.1, -0.05) is 12.1 Å². The number of nitrogens with zero attached hydrogens (tertiary/aromatic N) is 1. The molecular formula is C22H25N3O6S. The number of rotatable bonds is 8. The monoisotopic (exact) mass is 459 g/mol. The Kier molecular flexibility index (Phi) is 7.01. The van der Waals surface area contributed by atoms with Crippen LogP contribution in [0.3, 0.4) is 0 Å². The molecule has 1 atom stereocenters. The van der Waals surface area contributed by atoms with Gasteiger partial charge in [-0.25, -0.2) is 0 Å². The van der Waals surface area contributed by atoms with Gasteiger partial charge in [0, 0.05) is 24.1 Å². The lowest BCUT2D eigenvalue weighted by molar-refractivity contribution is -0.385. The zero-order valence-corrected chi connectivity index (χ0v) is 18.4. The van der Waals surface area contributed by atoms with Gasteiger partial charge in [0.15, 0.2) is 12.4 Å². The first kappa shape index (κ1) is 22.2. The fourth-order valence-electron chi connectivity index (χ4n) is 4.03. The van der Waals surface area contributed by atoms with Crippen molar-refractivity contribution < 1.29 is 24.0 Å². The zero-order chi connectivity index (χ0) is 22.5. The first-order chi connectivity index (χ1) is 15.5. The average molecular weight is 460 g/mol. The van der Waals surface area contributed by atoms with E-state index in [1.807, 2.05) is 0 Å². The van der Waals surface area contributed by atoms with E-state index in [1.165, 1.54) is 29.5 Å². The van der Waals surface area contributed by atoms with Crippen LogP contribution in [0.4, 0.5) is 10.7 Å². The van der Waals surface area contributed by atoms with Crippen LogP contribution in [0.5, 0.6) is 5.75 Å². The highest BCUT2D eigenvalue weighted by molar-refractivity contribution is 7.17. The minimum Gasteiger partial charge on any atom is -0.477 e. The second-order valence-corrected chi connectivity index (χ2v) is 8.93. The molecule has 4 rings (SSSR count). The Balaban J connectivity index is 1.45. The van der Waals surface area contributed by atoms with E-state index in [0.29, 0.717) is 17.1 Å². The van der Waals surface area contributed by atoms with Gasteiger partial charge in [0.05, 0.1) is 16.6 Å². The van der Waals surface area contributed by atoms with Crippen molar-refractivity contribution in [3.63, 3.8) is 0 Å². The molecule has 1 aliphatic carbocycles. The summed E-state index contributed by atoms with van der Waals surface area (Å²) in [4.78, 5) is 37.3. The highest BCUT2D eigenvalue weighted by atomic mass is 32.1. The SMILES string of the molecule is O=C(COc1ccccc1[N+](=O)[O-])Nc1sc2c(c1C(=O)NC[C@H]1CCCO1)CCCC2. The van der Waals surface area contributed by atoms with E-state index in [9.17, 15) is 19.7 Å². The topological polar surface area (TPSA) is 120 Å².